The van der Waals surface area contributed by atoms with Crippen molar-refractivity contribution in [2.24, 2.45) is 0 Å². The molecule has 1 aliphatic rings. The fourth-order valence-electron chi connectivity index (χ4n) is 2.70. The number of carbonyl (C=O) groups is 1. The third-order valence-electron chi connectivity index (χ3n) is 3.76. The van der Waals surface area contributed by atoms with Crippen molar-refractivity contribution < 1.29 is 23.2 Å². The average Bonchev–Trinajstić information content (AvgIpc) is 2.98. The molecule has 0 aliphatic carbocycles. The van der Waals surface area contributed by atoms with Gasteiger partial charge >= 0.3 is 0 Å². The second-order valence-electron chi connectivity index (χ2n) is 5.66. The number of carboxylic acids is 1. The highest BCUT2D eigenvalue weighted by Crippen LogP contribution is 2.35. The molecule has 3 N–H and O–H groups in total. The third kappa shape index (κ3) is 5.14. The van der Waals surface area contributed by atoms with E-state index in [1.807, 2.05) is 0 Å². The minimum atomic E-state index is -0.833. The van der Waals surface area contributed by atoms with Crippen molar-refractivity contribution in [1.82, 2.24) is 10.5 Å². The SMILES string of the molecule is CC(=O)O.O=c1cc([C@H]2CCN[C@@H](c3cc(F)c(Cl)c(F)c3)C2)o[nH]1. The van der Waals surface area contributed by atoms with Gasteiger partial charge in [0.2, 0.25) is 0 Å². The molecule has 0 amide bonds. The normalized spacial score (nSPS) is 19.8. The van der Waals surface area contributed by atoms with Crippen LogP contribution in [-0.2, 0) is 4.79 Å². The van der Waals surface area contributed by atoms with E-state index in [-0.39, 0.29) is 17.5 Å². The monoisotopic (exact) mass is 374 g/mol. The summed E-state index contributed by atoms with van der Waals surface area (Å²) >= 11 is 5.49. The van der Waals surface area contributed by atoms with Crippen molar-refractivity contribution in [1.29, 1.82) is 0 Å². The molecule has 0 bridgehead atoms. The van der Waals surface area contributed by atoms with Crippen LogP contribution in [0.25, 0.3) is 0 Å². The van der Waals surface area contributed by atoms with E-state index in [1.165, 1.54) is 18.2 Å². The van der Waals surface area contributed by atoms with Gasteiger partial charge in [-0.1, -0.05) is 11.6 Å². The first-order chi connectivity index (χ1) is 11.8. The molecule has 2 aromatic rings. The molecule has 1 aromatic heterocycles. The standard InChI is InChI=1S/C14H13ClF2N2O2.C2H4O2/c15-14-9(16)3-8(4-10(14)17)11-5-7(1-2-18-11)12-6-13(20)19-21-12;1-2(3)4/h3-4,6-7,11,18H,1-2,5H2,(H,19,20);1H3,(H,3,4)/t7-,11+;/m0./s1. The molecule has 6 nitrogen and oxygen atoms in total. The number of aromatic nitrogens is 1. The van der Waals surface area contributed by atoms with Gasteiger partial charge in [0.05, 0.1) is 0 Å². The topological polar surface area (TPSA) is 95.3 Å². The minimum absolute atomic E-state index is 0.0250. The summed E-state index contributed by atoms with van der Waals surface area (Å²) < 4.78 is 32.2. The first-order valence-electron chi connectivity index (χ1n) is 7.53. The van der Waals surface area contributed by atoms with Gasteiger partial charge in [-0.25, -0.2) is 8.78 Å². The second-order valence-corrected chi connectivity index (χ2v) is 6.04. The highest BCUT2D eigenvalue weighted by Gasteiger charge is 2.27. The van der Waals surface area contributed by atoms with E-state index in [0.29, 0.717) is 24.3 Å². The molecule has 2 heterocycles. The number of aliphatic carboxylic acids is 1. The molecule has 136 valence electrons. The first-order valence-corrected chi connectivity index (χ1v) is 7.91. The van der Waals surface area contributed by atoms with Gasteiger partial charge in [-0.05, 0) is 37.1 Å². The fraction of sp³-hybridized carbons (Fsp3) is 0.375. The summed E-state index contributed by atoms with van der Waals surface area (Å²) in [6, 6.07) is 3.67. The predicted octanol–water partition coefficient (Wildman–Crippen LogP) is 3.20. The Bertz CT molecular complexity index is 778. The molecule has 1 aliphatic heterocycles. The van der Waals surface area contributed by atoms with Crippen molar-refractivity contribution in [3.8, 4) is 0 Å². The molecule has 0 unspecified atom stereocenters. The number of hydrogen-bond donors (Lipinski definition) is 3. The number of nitrogens with one attached hydrogen (secondary N) is 2. The zero-order chi connectivity index (χ0) is 18.6. The Hall–Kier alpha value is -2.19. The quantitative estimate of drug-likeness (QED) is 0.702. The number of carboxylic acid groups (broad SMARTS) is 1. The number of aromatic amines is 1. The van der Waals surface area contributed by atoms with Crippen LogP contribution in [0.5, 0.6) is 0 Å². The number of H-pyrrole nitrogens is 1. The molecule has 1 fully saturated rings. The molecular formula is C16H17ClF2N2O4. The van der Waals surface area contributed by atoms with Crippen LogP contribution >= 0.6 is 11.6 Å². The van der Waals surface area contributed by atoms with Gasteiger partial charge in [-0.15, -0.1) is 0 Å². The Morgan fingerprint density at radius 1 is 1.32 bits per heavy atom. The third-order valence-corrected chi connectivity index (χ3v) is 4.12. The molecule has 1 saturated heterocycles. The Balaban J connectivity index is 0.000000511. The smallest absolute Gasteiger partial charge is 0.300 e. The van der Waals surface area contributed by atoms with E-state index in [9.17, 15) is 13.6 Å². The molecule has 0 saturated carbocycles. The van der Waals surface area contributed by atoms with Crippen LogP contribution in [0.3, 0.4) is 0 Å². The first kappa shape index (κ1) is 19.1. The molecule has 0 radical (unpaired) electrons. The number of halogens is 3. The Kier molecular flexibility index (Phi) is 6.33. The van der Waals surface area contributed by atoms with Crippen LogP contribution in [-0.4, -0.2) is 22.8 Å². The van der Waals surface area contributed by atoms with Crippen molar-refractivity contribution in [3.05, 3.63) is 56.5 Å². The van der Waals surface area contributed by atoms with E-state index in [1.54, 1.807) is 0 Å². The molecule has 1 aromatic carbocycles. The lowest BCUT2D eigenvalue weighted by atomic mass is 9.87. The van der Waals surface area contributed by atoms with Crippen molar-refractivity contribution in [2.75, 3.05) is 6.54 Å². The maximum atomic E-state index is 13.6. The van der Waals surface area contributed by atoms with Crippen LogP contribution in [0.4, 0.5) is 8.78 Å². The second kappa shape index (κ2) is 8.26. The largest absolute Gasteiger partial charge is 0.481 e. The molecule has 25 heavy (non-hydrogen) atoms. The maximum Gasteiger partial charge on any atom is 0.300 e. The number of benzene rings is 1. The van der Waals surface area contributed by atoms with Gasteiger partial charge in [0.25, 0.3) is 11.5 Å². The summed E-state index contributed by atoms with van der Waals surface area (Å²) in [7, 11) is 0. The maximum absolute atomic E-state index is 13.6. The highest BCUT2D eigenvalue weighted by atomic mass is 35.5. The van der Waals surface area contributed by atoms with Crippen LogP contribution in [0.15, 0.2) is 27.5 Å². The van der Waals surface area contributed by atoms with Gasteiger partial charge in [-0.2, -0.15) is 5.16 Å². The van der Waals surface area contributed by atoms with Gasteiger partial charge < -0.3 is 14.9 Å². The van der Waals surface area contributed by atoms with E-state index < -0.39 is 22.6 Å². The summed E-state index contributed by atoms with van der Waals surface area (Å²) in [5, 5.41) is 12.4. The minimum Gasteiger partial charge on any atom is -0.481 e. The highest BCUT2D eigenvalue weighted by molar-refractivity contribution is 6.30. The van der Waals surface area contributed by atoms with Crippen molar-refractivity contribution in [3.63, 3.8) is 0 Å². The fourth-order valence-corrected chi connectivity index (χ4v) is 2.81. The van der Waals surface area contributed by atoms with E-state index in [4.69, 9.17) is 26.0 Å². The summed E-state index contributed by atoms with van der Waals surface area (Å²) in [6.45, 7) is 1.75. The Morgan fingerprint density at radius 2 is 1.92 bits per heavy atom. The predicted molar refractivity (Wildman–Crippen MR) is 86.7 cm³/mol. The summed E-state index contributed by atoms with van der Waals surface area (Å²) in [6.07, 6.45) is 1.37. The van der Waals surface area contributed by atoms with E-state index >= 15 is 0 Å². The molecule has 2 atom stereocenters. The number of rotatable bonds is 2. The zero-order valence-electron chi connectivity index (χ0n) is 13.3. The number of piperidine rings is 1. The van der Waals surface area contributed by atoms with Gasteiger partial charge in [0.1, 0.15) is 22.4 Å². The van der Waals surface area contributed by atoms with Crippen LogP contribution < -0.4 is 10.9 Å². The Morgan fingerprint density at radius 3 is 2.44 bits per heavy atom. The van der Waals surface area contributed by atoms with E-state index in [0.717, 1.165) is 13.3 Å². The van der Waals surface area contributed by atoms with Crippen molar-refractivity contribution in [2.45, 2.75) is 31.7 Å². The molecule has 9 heteroatoms. The lowest BCUT2D eigenvalue weighted by Gasteiger charge is -2.29. The Labute approximate surface area is 146 Å². The van der Waals surface area contributed by atoms with E-state index in [2.05, 4.69) is 10.5 Å². The van der Waals surface area contributed by atoms with Gasteiger partial charge in [-0.3, -0.25) is 9.59 Å². The zero-order valence-corrected chi connectivity index (χ0v) is 14.1. The van der Waals surface area contributed by atoms with Gasteiger partial charge in [0, 0.05) is 24.9 Å². The lowest BCUT2D eigenvalue weighted by Crippen LogP contribution is -2.31. The molecule has 3 rings (SSSR count). The van der Waals surface area contributed by atoms with Gasteiger partial charge in [0.15, 0.2) is 0 Å². The lowest BCUT2D eigenvalue weighted by molar-refractivity contribution is -0.134. The van der Waals surface area contributed by atoms with Crippen LogP contribution in [0, 0.1) is 11.6 Å². The molecular weight excluding hydrogens is 358 g/mol. The van der Waals surface area contributed by atoms with Crippen LogP contribution in [0.1, 0.15) is 43.0 Å². The average molecular weight is 375 g/mol. The summed E-state index contributed by atoms with van der Waals surface area (Å²) in [4.78, 5) is 20.1. The number of hydrogen-bond acceptors (Lipinski definition) is 4. The van der Waals surface area contributed by atoms with Crippen molar-refractivity contribution >= 4 is 17.6 Å². The summed E-state index contributed by atoms with van der Waals surface area (Å²) in [5.41, 5.74) is 0.209. The summed E-state index contributed by atoms with van der Waals surface area (Å²) in [5.74, 6) is -1.79. The van der Waals surface area contributed by atoms with Crippen LogP contribution in [0.2, 0.25) is 5.02 Å². The molecule has 0 spiro atoms.